The topological polar surface area (TPSA) is 64.7 Å². The Morgan fingerprint density at radius 3 is 2.42 bits per heavy atom. The molecule has 2 aliphatic rings. The molecule has 0 bridgehead atoms. The van der Waals surface area contributed by atoms with E-state index in [0.29, 0.717) is 24.6 Å². The van der Waals surface area contributed by atoms with Gasteiger partial charge in [0.2, 0.25) is 0 Å². The molecule has 2 unspecified atom stereocenters. The van der Waals surface area contributed by atoms with Crippen LogP contribution >= 0.6 is 25.3 Å². The van der Waals surface area contributed by atoms with Crippen LogP contribution in [0.4, 0.5) is 9.59 Å². The molecule has 6 nitrogen and oxygen atoms in total. The van der Waals surface area contributed by atoms with Crippen LogP contribution in [-0.2, 0) is 0 Å². The van der Waals surface area contributed by atoms with Crippen molar-refractivity contribution in [2.75, 3.05) is 24.6 Å². The van der Waals surface area contributed by atoms with Crippen molar-refractivity contribution in [2.45, 2.75) is 31.6 Å². The summed E-state index contributed by atoms with van der Waals surface area (Å²) in [5.74, 6) is 1.42. The Morgan fingerprint density at radius 2 is 1.79 bits per heavy atom. The van der Waals surface area contributed by atoms with Gasteiger partial charge in [-0.25, -0.2) is 9.59 Å². The third-order valence-corrected chi connectivity index (χ3v) is 4.26. The van der Waals surface area contributed by atoms with Crippen molar-refractivity contribution >= 4 is 37.3 Å². The first-order chi connectivity index (χ1) is 9.04. The van der Waals surface area contributed by atoms with Gasteiger partial charge >= 0.3 is 12.1 Å². The monoisotopic (exact) mass is 304 g/mol. The van der Waals surface area contributed by atoms with Gasteiger partial charge in [-0.1, -0.05) is 0 Å². The van der Waals surface area contributed by atoms with Crippen LogP contribution in [0.1, 0.15) is 19.8 Å². The molecule has 0 saturated carbocycles. The number of amides is 4. The molecule has 2 N–H and O–H groups in total. The van der Waals surface area contributed by atoms with E-state index in [9.17, 15) is 9.59 Å². The molecule has 2 saturated heterocycles. The minimum absolute atomic E-state index is 0.134. The Bertz CT molecular complexity index is 380. The van der Waals surface area contributed by atoms with E-state index in [1.807, 2.05) is 6.92 Å². The molecule has 0 spiro atoms. The molecule has 0 radical (unpaired) electrons. The lowest BCUT2D eigenvalue weighted by Crippen LogP contribution is -2.56. The van der Waals surface area contributed by atoms with Crippen molar-refractivity contribution in [1.82, 2.24) is 20.4 Å². The predicted octanol–water partition coefficient (Wildman–Crippen LogP) is 0.719. The number of hydrogen-bond acceptors (Lipinski definition) is 4. The highest BCUT2D eigenvalue weighted by Crippen LogP contribution is 2.31. The molecule has 2 atom stereocenters. The smallest absolute Gasteiger partial charge is 0.314 e. The van der Waals surface area contributed by atoms with Crippen molar-refractivity contribution in [1.29, 1.82) is 0 Å². The second kappa shape index (κ2) is 5.70. The summed E-state index contributed by atoms with van der Waals surface area (Å²) in [5.41, 5.74) is -0.673. The number of hydrogen-bond donors (Lipinski definition) is 4. The molecule has 2 rings (SSSR count). The Morgan fingerprint density at radius 1 is 1.16 bits per heavy atom. The molecule has 4 amide bonds. The van der Waals surface area contributed by atoms with Gasteiger partial charge in [-0.2, -0.15) is 25.3 Å². The molecule has 0 aromatic heterocycles. The first kappa shape index (κ1) is 14.6. The van der Waals surface area contributed by atoms with Gasteiger partial charge < -0.3 is 15.5 Å². The van der Waals surface area contributed by atoms with E-state index in [2.05, 4.69) is 35.9 Å². The summed E-state index contributed by atoms with van der Waals surface area (Å²) < 4.78 is 0. The summed E-state index contributed by atoms with van der Waals surface area (Å²) in [6.07, 6.45) is 1.29. The average molecular weight is 304 g/mol. The maximum Gasteiger partial charge on any atom is 0.321 e. The van der Waals surface area contributed by atoms with Crippen LogP contribution < -0.4 is 10.6 Å². The third-order valence-electron chi connectivity index (χ3n) is 3.63. The minimum atomic E-state index is -0.673. The van der Waals surface area contributed by atoms with Gasteiger partial charge in [0.15, 0.2) is 5.66 Å². The quantitative estimate of drug-likeness (QED) is 0.546. The second-order valence-corrected chi connectivity index (χ2v) is 5.82. The van der Waals surface area contributed by atoms with Crippen molar-refractivity contribution in [3.05, 3.63) is 0 Å². The summed E-state index contributed by atoms with van der Waals surface area (Å²) in [5, 5.41) is 5.80. The normalized spacial score (nSPS) is 29.5. The SMILES string of the molecule is CC12NC(=O)N(CCCS)C1NC(=O)N2CCCS. The molecule has 8 heteroatoms. The fourth-order valence-electron chi connectivity index (χ4n) is 2.65. The number of rotatable bonds is 6. The molecular weight excluding hydrogens is 284 g/mol. The van der Waals surface area contributed by atoms with Crippen LogP contribution in [0.2, 0.25) is 0 Å². The zero-order valence-electron chi connectivity index (χ0n) is 10.9. The standard InChI is InChI=1S/C11H20N4O2S2/c1-11-8(12-9(16)15(11)5-3-7-19)14(4-2-6-18)10(17)13-11/h8,18-19H,2-7H2,1H3,(H,12,16)(H,13,17). The maximum absolute atomic E-state index is 12.0. The van der Waals surface area contributed by atoms with E-state index < -0.39 is 5.66 Å². The molecule has 0 aliphatic carbocycles. The molecule has 19 heavy (non-hydrogen) atoms. The van der Waals surface area contributed by atoms with Crippen molar-refractivity contribution in [2.24, 2.45) is 0 Å². The van der Waals surface area contributed by atoms with Gasteiger partial charge in [0.25, 0.3) is 0 Å². The number of carbonyl (C=O) groups excluding carboxylic acids is 2. The van der Waals surface area contributed by atoms with Crippen LogP contribution in [0, 0.1) is 0 Å². The summed E-state index contributed by atoms with van der Waals surface area (Å²) in [6.45, 7) is 3.06. The molecule has 108 valence electrons. The Kier molecular flexibility index (Phi) is 4.39. The molecule has 2 aliphatic heterocycles. The van der Waals surface area contributed by atoms with Crippen molar-refractivity contribution < 1.29 is 9.59 Å². The van der Waals surface area contributed by atoms with E-state index in [-0.39, 0.29) is 18.2 Å². The highest BCUT2D eigenvalue weighted by atomic mass is 32.1. The minimum Gasteiger partial charge on any atom is -0.314 e. The van der Waals surface area contributed by atoms with Crippen LogP contribution in [0.3, 0.4) is 0 Å². The lowest BCUT2D eigenvalue weighted by atomic mass is 10.1. The average Bonchev–Trinajstić information content (AvgIpc) is 2.73. The van der Waals surface area contributed by atoms with E-state index >= 15 is 0 Å². The van der Waals surface area contributed by atoms with E-state index in [1.165, 1.54) is 0 Å². The Hall–Kier alpha value is -0.760. The van der Waals surface area contributed by atoms with Crippen LogP contribution in [0.15, 0.2) is 0 Å². The maximum atomic E-state index is 12.0. The van der Waals surface area contributed by atoms with Crippen molar-refractivity contribution in [3.63, 3.8) is 0 Å². The lowest BCUT2D eigenvalue weighted by molar-refractivity contribution is 0.128. The fraction of sp³-hybridized carbons (Fsp3) is 0.818. The Balaban J connectivity index is 2.14. The molecule has 2 heterocycles. The number of nitrogens with one attached hydrogen (secondary N) is 2. The number of carbonyl (C=O) groups is 2. The first-order valence-electron chi connectivity index (χ1n) is 6.43. The van der Waals surface area contributed by atoms with E-state index in [1.54, 1.807) is 9.80 Å². The second-order valence-electron chi connectivity index (χ2n) is 4.93. The van der Waals surface area contributed by atoms with Crippen LogP contribution in [0.25, 0.3) is 0 Å². The van der Waals surface area contributed by atoms with Gasteiger partial charge in [-0.3, -0.25) is 4.90 Å². The zero-order chi connectivity index (χ0) is 14.0. The molecule has 2 fully saturated rings. The van der Waals surface area contributed by atoms with Crippen molar-refractivity contribution in [3.8, 4) is 0 Å². The highest BCUT2D eigenvalue weighted by Gasteiger charge is 2.58. The van der Waals surface area contributed by atoms with Gasteiger partial charge in [0.1, 0.15) is 6.17 Å². The number of urea groups is 2. The first-order valence-corrected chi connectivity index (χ1v) is 7.69. The molecular formula is C11H20N4O2S2. The lowest BCUT2D eigenvalue weighted by Gasteiger charge is -2.32. The summed E-state index contributed by atoms with van der Waals surface area (Å²) in [7, 11) is 0. The summed E-state index contributed by atoms with van der Waals surface area (Å²) in [4.78, 5) is 27.4. The number of fused-ring (bicyclic) bond motifs is 1. The molecule has 0 aromatic carbocycles. The zero-order valence-corrected chi connectivity index (χ0v) is 12.7. The van der Waals surface area contributed by atoms with Gasteiger partial charge in [0.05, 0.1) is 0 Å². The fourth-order valence-corrected chi connectivity index (χ4v) is 2.93. The largest absolute Gasteiger partial charge is 0.321 e. The third kappa shape index (κ3) is 2.47. The number of thiol groups is 2. The van der Waals surface area contributed by atoms with Crippen LogP contribution in [-0.4, -0.2) is 58.3 Å². The highest BCUT2D eigenvalue weighted by molar-refractivity contribution is 7.80. The van der Waals surface area contributed by atoms with E-state index in [0.717, 1.165) is 12.8 Å². The van der Waals surface area contributed by atoms with E-state index in [4.69, 9.17) is 0 Å². The number of nitrogens with zero attached hydrogens (tertiary/aromatic N) is 2. The van der Waals surface area contributed by atoms with Crippen LogP contribution in [0.5, 0.6) is 0 Å². The molecule has 0 aromatic rings. The van der Waals surface area contributed by atoms with Gasteiger partial charge in [-0.15, -0.1) is 0 Å². The van der Waals surface area contributed by atoms with Gasteiger partial charge in [0, 0.05) is 13.1 Å². The predicted molar refractivity (Wildman–Crippen MR) is 79.6 cm³/mol. The van der Waals surface area contributed by atoms with Gasteiger partial charge in [-0.05, 0) is 31.3 Å². The summed E-state index contributed by atoms with van der Waals surface area (Å²) in [6, 6.07) is -0.268. The summed E-state index contributed by atoms with van der Waals surface area (Å²) >= 11 is 8.32. The Labute approximate surface area is 124 Å².